The quantitative estimate of drug-likeness (QED) is 0.522. The lowest BCUT2D eigenvalue weighted by Crippen LogP contribution is -2.42. The highest BCUT2D eigenvalue weighted by Crippen LogP contribution is 2.21. The summed E-state index contributed by atoms with van der Waals surface area (Å²) >= 11 is 6.21. The first kappa shape index (κ1) is 16.8. The number of aromatic nitrogens is 1. The van der Waals surface area contributed by atoms with E-state index in [1.54, 1.807) is 0 Å². The number of carbonyl (C=O) groups is 1. The summed E-state index contributed by atoms with van der Waals surface area (Å²) in [5.74, 6) is -0.158. The van der Waals surface area contributed by atoms with Crippen molar-refractivity contribution < 1.29 is 9.53 Å². The summed E-state index contributed by atoms with van der Waals surface area (Å²) in [7, 11) is 0. The fraction of sp³-hybridized carbons (Fsp3) is 0.353. The van der Waals surface area contributed by atoms with Crippen LogP contribution < -0.4 is 5.43 Å². The van der Waals surface area contributed by atoms with E-state index < -0.39 is 0 Å². The minimum absolute atomic E-state index is 0.158. The summed E-state index contributed by atoms with van der Waals surface area (Å²) in [5.41, 5.74) is 5.13. The number of hydrazone groups is 1. The molecule has 0 aliphatic carbocycles. The van der Waals surface area contributed by atoms with Crippen molar-refractivity contribution in [2.75, 3.05) is 32.8 Å². The molecule has 0 atom stereocenters. The number of pyridine rings is 1. The van der Waals surface area contributed by atoms with Crippen molar-refractivity contribution in [3.63, 3.8) is 0 Å². The van der Waals surface area contributed by atoms with Gasteiger partial charge in [-0.1, -0.05) is 29.8 Å². The van der Waals surface area contributed by atoms with E-state index in [-0.39, 0.29) is 5.91 Å². The van der Waals surface area contributed by atoms with Gasteiger partial charge >= 0.3 is 0 Å². The van der Waals surface area contributed by atoms with Gasteiger partial charge < -0.3 is 4.74 Å². The van der Waals surface area contributed by atoms with Crippen molar-refractivity contribution >= 4 is 34.6 Å². The number of para-hydroxylation sites is 1. The van der Waals surface area contributed by atoms with Crippen LogP contribution >= 0.6 is 11.6 Å². The summed E-state index contributed by atoms with van der Waals surface area (Å²) in [6.07, 6.45) is 1.52. The Hall–Kier alpha value is -2.02. The maximum atomic E-state index is 11.9. The van der Waals surface area contributed by atoms with Crippen LogP contribution in [-0.4, -0.2) is 54.9 Å². The minimum Gasteiger partial charge on any atom is -0.379 e. The predicted molar refractivity (Wildman–Crippen MR) is 94.5 cm³/mol. The van der Waals surface area contributed by atoms with E-state index >= 15 is 0 Å². The van der Waals surface area contributed by atoms with Crippen LogP contribution in [0.4, 0.5) is 0 Å². The van der Waals surface area contributed by atoms with Gasteiger partial charge in [0, 0.05) is 24.0 Å². The second-order valence-electron chi connectivity index (χ2n) is 5.70. The molecule has 0 radical (unpaired) electrons. The molecule has 1 amide bonds. The van der Waals surface area contributed by atoms with Crippen LogP contribution in [0.25, 0.3) is 10.9 Å². The lowest BCUT2D eigenvalue weighted by molar-refractivity contribution is -0.123. The van der Waals surface area contributed by atoms with E-state index in [9.17, 15) is 4.79 Å². The Morgan fingerprint density at radius 2 is 2.25 bits per heavy atom. The maximum absolute atomic E-state index is 11.9. The van der Waals surface area contributed by atoms with Gasteiger partial charge in [0.25, 0.3) is 5.91 Å². The van der Waals surface area contributed by atoms with Crippen molar-refractivity contribution in [1.82, 2.24) is 15.3 Å². The first-order valence-corrected chi connectivity index (χ1v) is 8.19. The van der Waals surface area contributed by atoms with Gasteiger partial charge in [-0.3, -0.25) is 9.69 Å². The van der Waals surface area contributed by atoms with Crippen molar-refractivity contribution in [3.05, 3.63) is 40.5 Å². The number of rotatable bonds is 4. The molecule has 1 aromatic heterocycles. The number of hydrogen-bond donors (Lipinski definition) is 1. The molecule has 1 aliphatic rings. The Morgan fingerprint density at radius 1 is 1.46 bits per heavy atom. The van der Waals surface area contributed by atoms with Crippen LogP contribution in [0.2, 0.25) is 5.15 Å². The van der Waals surface area contributed by atoms with E-state index in [0.717, 1.165) is 29.6 Å². The van der Waals surface area contributed by atoms with Gasteiger partial charge in [0.1, 0.15) is 5.15 Å². The van der Waals surface area contributed by atoms with Gasteiger partial charge in [0.15, 0.2) is 0 Å². The number of fused-ring (bicyclic) bond motifs is 1. The molecular weight excluding hydrogens is 328 g/mol. The molecule has 0 spiro atoms. The third-order valence-corrected chi connectivity index (χ3v) is 4.19. The Bertz CT molecular complexity index is 773. The highest BCUT2D eigenvalue weighted by atomic mass is 35.5. The largest absolute Gasteiger partial charge is 0.379 e. The van der Waals surface area contributed by atoms with Gasteiger partial charge in [-0.05, 0) is 18.6 Å². The smallest absolute Gasteiger partial charge is 0.254 e. The van der Waals surface area contributed by atoms with Gasteiger partial charge in [-0.25, -0.2) is 10.4 Å². The number of nitrogens with one attached hydrogen (secondary N) is 1. The summed E-state index contributed by atoms with van der Waals surface area (Å²) in [6.45, 7) is 5.14. The van der Waals surface area contributed by atoms with Crippen molar-refractivity contribution in [3.8, 4) is 0 Å². The van der Waals surface area contributed by atoms with Crippen molar-refractivity contribution in [2.45, 2.75) is 6.92 Å². The molecule has 6 nitrogen and oxygen atoms in total. The Balaban J connectivity index is 1.64. The molecule has 1 fully saturated rings. The van der Waals surface area contributed by atoms with Crippen LogP contribution in [0.5, 0.6) is 0 Å². The number of morpholine rings is 1. The molecule has 1 aromatic carbocycles. The van der Waals surface area contributed by atoms with E-state index in [4.69, 9.17) is 16.3 Å². The molecule has 126 valence electrons. The van der Waals surface area contributed by atoms with E-state index in [1.165, 1.54) is 6.21 Å². The predicted octanol–water partition coefficient (Wildman–Crippen LogP) is 1.98. The Labute approximate surface area is 145 Å². The van der Waals surface area contributed by atoms with Gasteiger partial charge in [0.2, 0.25) is 0 Å². The van der Waals surface area contributed by atoms with Crippen LogP contribution in [0.3, 0.4) is 0 Å². The Morgan fingerprint density at radius 3 is 3.04 bits per heavy atom. The SMILES string of the molecule is Cc1cccc2cc(/C=N/NC(=O)CN3CCOCC3)c(Cl)nc12. The van der Waals surface area contributed by atoms with Gasteiger partial charge in [0.05, 0.1) is 31.5 Å². The second kappa shape index (κ2) is 7.70. The first-order valence-electron chi connectivity index (χ1n) is 7.81. The van der Waals surface area contributed by atoms with Crippen LogP contribution in [0, 0.1) is 6.92 Å². The maximum Gasteiger partial charge on any atom is 0.254 e. The third kappa shape index (κ3) is 4.08. The summed E-state index contributed by atoms with van der Waals surface area (Å²) < 4.78 is 5.25. The number of halogens is 1. The molecule has 1 saturated heterocycles. The molecule has 0 unspecified atom stereocenters. The third-order valence-electron chi connectivity index (χ3n) is 3.89. The molecule has 2 heterocycles. The fourth-order valence-corrected chi connectivity index (χ4v) is 2.79. The average Bonchev–Trinajstić information content (AvgIpc) is 2.57. The number of nitrogens with zero attached hydrogens (tertiary/aromatic N) is 3. The zero-order chi connectivity index (χ0) is 16.9. The molecular formula is C17H19ClN4O2. The number of ether oxygens (including phenoxy) is 1. The standard InChI is InChI=1S/C17H19ClN4O2/c1-12-3-2-4-13-9-14(17(18)20-16(12)13)10-19-21-15(23)11-22-5-7-24-8-6-22/h2-4,9-10H,5-8,11H2,1H3,(H,21,23)/b19-10+. The number of aryl methyl sites for hydroxylation is 1. The number of benzene rings is 1. The number of hydrogen-bond acceptors (Lipinski definition) is 5. The molecule has 0 bridgehead atoms. The van der Waals surface area contributed by atoms with Crippen molar-refractivity contribution in [1.29, 1.82) is 0 Å². The van der Waals surface area contributed by atoms with Crippen molar-refractivity contribution in [2.24, 2.45) is 5.10 Å². The molecule has 0 saturated carbocycles. The lowest BCUT2D eigenvalue weighted by atomic mass is 10.1. The van der Waals surface area contributed by atoms with E-state index in [2.05, 4.69) is 15.5 Å². The Kier molecular flexibility index (Phi) is 5.40. The molecule has 1 N–H and O–H groups in total. The fourth-order valence-electron chi connectivity index (χ4n) is 2.60. The topological polar surface area (TPSA) is 66.8 Å². The monoisotopic (exact) mass is 346 g/mol. The normalized spacial score (nSPS) is 15.9. The van der Waals surface area contributed by atoms with Crippen LogP contribution in [-0.2, 0) is 9.53 Å². The molecule has 1 aliphatic heterocycles. The van der Waals surface area contributed by atoms with Crippen LogP contribution in [0.15, 0.2) is 29.4 Å². The van der Waals surface area contributed by atoms with Gasteiger partial charge in [-0.2, -0.15) is 5.10 Å². The zero-order valence-electron chi connectivity index (χ0n) is 13.5. The second-order valence-corrected chi connectivity index (χ2v) is 6.05. The van der Waals surface area contributed by atoms with E-state index in [0.29, 0.717) is 30.5 Å². The number of amides is 1. The molecule has 2 aromatic rings. The van der Waals surface area contributed by atoms with Gasteiger partial charge in [-0.15, -0.1) is 0 Å². The highest BCUT2D eigenvalue weighted by molar-refractivity contribution is 6.32. The molecule has 24 heavy (non-hydrogen) atoms. The summed E-state index contributed by atoms with van der Waals surface area (Å²) in [5, 5.41) is 5.34. The summed E-state index contributed by atoms with van der Waals surface area (Å²) in [6, 6.07) is 7.85. The minimum atomic E-state index is -0.158. The zero-order valence-corrected chi connectivity index (χ0v) is 14.2. The van der Waals surface area contributed by atoms with E-state index in [1.807, 2.05) is 36.1 Å². The average molecular weight is 347 g/mol. The number of carbonyl (C=O) groups excluding carboxylic acids is 1. The summed E-state index contributed by atoms with van der Waals surface area (Å²) in [4.78, 5) is 18.3. The molecule has 7 heteroatoms. The van der Waals surface area contributed by atoms with Crippen LogP contribution in [0.1, 0.15) is 11.1 Å². The highest BCUT2D eigenvalue weighted by Gasteiger charge is 2.13. The lowest BCUT2D eigenvalue weighted by Gasteiger charge is -2.25. The first-order chi connectivity index (χ1) is 11.6. The molecule has 3 rings (SSSR count).